The molecule has 2 aromatic rings. The Bertz CT molecular complexity index is 957. The minimum Gasteiger partial charge on any atom is -0.334 e. The Balaban J connectivity index is 2.12. The van der Waals surface area contributed by atoms with Crippen LogP contribution in [-0.4, -0.2) is 26.5 Å². The molecule has 152 valence electrons. The fourth-order valence-electron chi connectivity index (χ4n) is 2.07. The molecule has 0 unspecified atom stereocenters. The lowest BCUT2D eigenvalue weighted by Crippen LogP contribution is -2.38. The van der Waals surface area contributed by atoms with E-state index in [1.165, 1.54) is 0 Å². The first-order valence-electron chi connectivity index (χ1n) is 7.85. The molecule has 0 bridgehead atoms. The van der Waals surface area contributed by atoms with Crippen molar-refractivity contribution in [2.45, 2.75) is 37.5 Å². The third-order valence-corrected chi connectivity index (χ3v) is 4.75. The maximum absolute atomic E-state index is 12.8. The molecule has 12 heteroatoms. The molecule has 7 nitrogen and oxygen atoms in total. The fourth-order valence-corrected chi connectivity index (χ4v) is 2.89. The van der Waals surface area contributed by atoms with Gasteiger partial charge in [-0.15, -0.1) is 10.2 Å². The summed E-state index contributed by atoms with van der Waals surface area (Å²) in [7, 11) is 0. The molecule has 1 heterocycles. The van der Waals surface area contributed by atoms with Crippen LogP contribution >= 0.6 is 23.4 Å². The second kappa shape index (κ2) is 8.00. The molecule has 28 heavy (non-hydrogen) atoms. The average molecular weight is 436 g/mol. The number of thioether (sulfide) groups is 1. The summed E-state index contributed by atoms with van der Waals surface area (Å²) in [5, 5.41) is 9.95. The molecule has 0 saturated carbocycles. The van der Waals surface area contributed by atoms with Gasteiger partial charge < -0.3 is 11.2 Å². The number of hydrogen-bond donors (Lipinski definition) is 2. The van der Waals surface area contributed by atoms with Gasteiger partial charge >= 0.3 is 6.18 Å². The number of hydrogen-bond acceptors (Lipinski definition) is 6. The molecule has 1 aromatic carbocycles. The van der Waals surface area contributed by atoms with Gasteiger partial charge in [0.1, 0.15) is 5.69 Å². The SMILES string of the molecule is CC(C)(C)c1nnc(SCC(=O)Nc2cc(C(F)(F)F)ccc2Cl)n(N)c1=O. The highest BCUT2D eigenvalue weighted by atomic mass is 35.5. The van der Waals surface area contributed by atoms with E-state index in [4.69, 9.17) is 17.4 Å². The van der Waals surface area contributed by atoms with E-state index in [-0.39, 0.29) is 27.3 Å². The molecular weight excluding hydrogens is 419 g/mol. The Labute approximate surface area is 167 Å². The predicted octanol–water partition coefficient (Wildman–Crippen LogP) is 3.05. The number of benzene rings is 1. The van der Waals surface area contributed by atoms with Crippen molar-refractivity contribution in [2.75, 3.05) is 16.9 Å². The van der Waals surface area contributed by atoms with Gasteiger partial charge in [0.15, 0.2) is 0 Å². The number of halogens is 4. The van der Waals surface area contributed by atoms with Crippen LogP contribution in [0.3, 0.4) is 0 Å². The van der Waals surface area contributed by atoms with Crippen molar-refractivity contribution >= 4 is 35.0 Å². The molecule has 0 aliphatic carbocycles. The number of carbonyl (C=O) groups excluding carboxylic acids is 1. The zero-order valence-electron chi connectivity index (χ0n) is 15.1. The molecule has 0 atom stereocenters. The van der Waals surface area contributed by atoms with E-state index >= 15 is 0 Å². The van der Waals surface area contributed by atoms with E-state index in [9.17, 15) is 22.8 Å². The summed E-state index contributed by atoms with van der Waals surface area (Å²) in [5.74, 6) is 4.79. The summed E-state index contributed by atoms with van der Waals surface area (Å²) in [6.07, 6.45) is -4.57. The molecule has 1 aromatic heterocycles. The zero-order chi connectivity index (χ0) is 21.3. The van der Waals surface area contributed by atoms with E-state index in [0.717, 1.165) is 34.6 Å². The second-order valence-corrected chi connectivity index (χ2v) is 8.14. The van der Waals surface area contributed by atoms with Gasteiger partial charge in [0, 0.05) is 5.41 Å². The lowest BCUT2D eigenvalue weighted by Gasteiger charge is -2.17. The zero-order valence-corrected chi connectivity index (χ0v) is 16.7. The summed E-state index contributed by atoms with van der Waals surface area (Å²) < 4.78 is 39.1. The third kappa shape index (κ3) is 5.16. The summed E-state index contributed by atoms with van der Waals surface area (Å²) in [5.41, 5.74) is -2.07. The molecule has 0 fully saturated rings. The Morgan fingerprint density at radius 1 is 1.29 bits per heavy atom. The number of aromatic nitrogens is 3. The van der Waals surface area contributed by atoms with Gasteiger partial charge in [-0.25, -0.2) is 0 Å². The van der Waals surface area contributed by atoms with Crippen molar-refractivity contribution in [3.8, 4) is 0 Å². The monoisotopic (exact) mass is 435 g/mol. The standard InChI is InChI=1S/C16H17ClF3N5O2S/c1-15(2,3)12-13(27)25(21)14(24-23-12)28-7-11(26)22-10-6-8(16(18,19)20)4-5-9(10)17/h4-6H,7,21H2,1-3H3,(H,22,26). The van der Waals surface area contributed by atoms with Crippen LogP contribution in [0.25, 0.3) is 0 Å². The van der Waals surface area contributed by atoms with E-state index in [2.05, 4.69) is 15.5 Å². The lowest BCUT2D eigenvalue weighted by atomic mass is 9.93. The predicted molar refractivity (Wildman–Crippen MR) is 101 cm³/mol. The van der Waals surface area contributed by atoms with Crippen molar-refractivity contribution in [2.24, 2.45) is 0 Å². The fraction of sp³-hybridized carbons (Fsp3) is 0.375. The molecule has 0 aliphatic heterocycles. The number of carbonyl (C=O) groups is 1. The van der Waals surface area contributed by atoms with Gasteiger partial charge in [0.05, 0.1) is 22.0 Å². The van der Waals surface area contributed by atoms with Crippen molar-refractivity contribution in [3.05, 3.63) is 44.8 Å². The lowest BCUT2D eigenvalue weighted by molar-refractivity contribution is -0.137. The van der Waals surface area contributed by atoms with Crippen LogP contribution in [0.5, 0.6) is 0 Å². The van der Waals surface area contributed by atoms with Crippen molar-refractivity contribution < 1.29 is 18.0 Å². The average Bonchev–Trinajstić information content (AvgIpc) is 2.56. The van der Waals surface area contributed by atoms with Gasteiger partial charge in [-0.05, 0) is 18.2 Å². The summed E-state index contributed by atoms with van der Waals surface area (Å²) in [6.45, 7) is 5.33. The Hall–Kier alpha value is -2.27. The van der Waals surface area contributed by atoms with Crippen LogP contribution in [0.4, 0.5) is 18.9 Å². The molecule has 0 saturated heterocycles. The number of nitrogens with zero attached hydrogens (tertiary/aromatic N) is 3. The quantitative estimate of drug-likeness (QED) is 0.565. The molecule has 0 radical (unpaired) electrons. The van der Waals surface area contributed by atoms with Crippen LogP contribution in [-0.2, 0) is 16.4 Å². The minimum atomic E-state index is -4.57. The van der Waals surface area contributed by atoms with Crippen LogP contribution in [0.15, 0.2) is 28.2 Å². The summed E-state index contributed by atoms with van der Waals surface area (Å²) in [6, 6.07) is 2.59. The number of amides is 1. The van der Waals surface area contributed by atoms with Gasteiger partial charge in [-0.2, -0.15) is 17.8 Å². The van der Waals surface area contributed by atoms with E-state index in [0.29, 0.717) is 0 Å². The smallest absolute Gasteiger partial charge is 0.334 e. The highest BCUT2D eigenvalue weighted by Gasteiger charge is 2.31. The van der Waals surface area contributed by atoms with Crippen LogP contribution < -0.4 is 16.7 Å². The second-order valence-electron chi connectivity index (χ2n) is 6.79. The van der Waals surface area contributed by atoms with Crippen LogP contribution in [0.2, 0.25) is 5.02 Å². The molecule has 0 spiro atoms. The van der Waals surface area contributed by atoms with Gasteiger partial charge in [0.25, 0.3) is 5.56 Å². The van der Waals surface area contributed by atoms with Crippen molar-refractivity contribution in [1.82, 2.24) is 14.9 Å². The van der Waals surface area contributed by atoms with Gasteiger partial charge in [-0.3, -0.25) is 9.59 Å². The first kappa shape index (κ1) is 22.0. The normalized spacial score (nSPS) is 12.1. The van der Waals surface area contributed by atoms with E-state index in [1.807, 2.05) is 0 Å². The molecular formula is C16H17ClF3N5O2S. The van der Waals surface area contributed by atoms with Crippen molar-refractivity contribution in [1.29, 1.82) is 0 Å². The molecule has 3 N–H and O–H groups in total. The molecule has 0 aliphatic rings. The first-order valence-corrected chi connectivity index (χ1v) is 9.21. The number of nitrogens with two attached hydrogens (primary N) is 1. The minimum absolute atomic E-state index is 0.0108. The summed E-state index contributed by atoms with van der Waals surface area (Å²) in [4.78, 5) is 24.3. The number of alkyl halides is 3. The van der Waals surface area contributed by atoms with E-state index < -0.39 is 28.6 Å². The number of anilines is 1. The van der Waals surface area contributed by atoms with Crippen molar-refractivity contribution in [3.63, 3.8) is 0 Å². The highest BCUT2D eigenvalue weighted by molar-refractivity contribution is 7.99. The Morgan fingerprint density at radius 3 is 2.50 bits per heavy atom. The Morgan fingerprint density at radius 2 is 1.93 bits per heavy atom. The largest absolute Gasteiger partial charge is 0.416 e. The number of rotatable bonds is 4. The highest BCUT2D eigenvalue weighted by Crippen LogP contribution is 2.33. The Kier molecular flexibility index (Phi) is 6.29. The first-order chi connectivity index (χ1) is 12.8. The topological polar surface area (TPSA) is 103 Å². The molecule has 2 rings (SSSR count). The third-order valence-electron chi connectivity index (χ3n) is 3.47. The van der Waals surface area contributed by atoms with Gasteiger partial charge in [-0.1, -0.05) is 44.1 Å². The maximum Gasteiger partial charge on any atom is 0.416 e. The maximum atomic E-state index is 12.8. The number of nitrogen functional groups attached to an aromatic ring is 1. The van der Waals surface area contributed by atoms with Crippen LogP contribution in [0, 0.1) is 0 Å². The van der Waals surface area contributed by atoms with Gasteiger partial charge in [0.2, 0.25) is 11.1 Å². The van der Waals surface area contributed by atoms with Crippen LogP contribution in [0.1, 0.15) is 32.0 Å². The van der Waals surface area contributed by atoms with E-state index in [1.54, 1.807) is 20.8 Å². The summed E-state index contributed by atoms with van der Waals surface area (Å²) >= 11 is 6.65. The number of nitrogens with one attached hydrogen (secondary N) is 1. The molecule has 1 amide bonds.